The Labute approximate surface area is 457 Å². The molecule has 0 saturated heterocycles. The maximum Gasteiger partial charge on any atom is 0.256 e. The second-order valence-electron chi connectivity index (χ2n) is 14.9. The van der Waals surface area contributed by atoms with Gasteiger partial charge >= 0.3 is 0 Å². The Bertz CT molecular complexity index is 3080. The van der Waals surface area contributed by atoms with E-state index in [0.29, 0.717) is 16.9 Å². The second kappa shape index (κ2) is 28.4. The number of ether oxygens (including phenoxy) is 1. The molecule has 14 heteroatoms. The summed E-state index contributed by atoms with van der Waals surface area (Å²) in [5.41, 5.74) is 15.9. The van der Waals surface area contributed by atoms with Gasteiger partial charge in [0.2, 0.25) is 0 Å². The molecule has 1 aromatic heterocycles. The Morgan fingerprint density at radius 1 is 0.557 bits per heavy atom. The summed E-state index contributed by atoms with van der Waals surface area (Å²) in [6.45, 7) is 6.11. The van der Waals surface area contributed by atoms with Crippen LogP contribution < -0.4 is 21.1 Å². The Balaban J connectivity index is 0.000000167. The number of benzene rings is 8. The summed E-state index contributed by atoms with van der Waals surface area (Å²) in [4.78, 5) is 28.2. The van der Waals surface area contributed by atoms with Gasteiger partial charge in [0, 0.05) is 40.3 Å². The molecule has 0 unspecified atom stereocenters. The molecule has 0 fully saturated rings. The van der Waals surface area contributed by atoms with Crippen molar-refractivity contribution in [1.82, 2.24) is 4.98 Å². The Hall–Kier alpha value is -5.51. The number of nitrogens with two attached hydrogens (primary N) is 1. The number of amides is 1. The standard InChI is InChI=1S/C14H12BrNO.C14H10BrNS.C14H12BrNS.C8H7ClO2.C6H6BrN/c1-10-6-2-3-7-11(10)14(17)16-13-9-5-4-8-12(13)15;1-9-5-2-3-6-10(9)14-16-13-11(15)7-4-8-12(13)17-14;1-10-6-2-3-7-11(10)14(17)16-13-9-5-4-8-12(13)15;1-11-7-5-3-2-4-6(7)8(9)10;7-5-3-1-2-4-6(5)8/h2-9H,1H3,(H,16,17);2-8H,1H3;2-9H,1H3,(H,16,17);2-5H,1H3;1-4H,8H2. The number of para-hydroxylation sites is 5. The number of carbonyl (C=O) groups is 2. The summed E-state index contributed by atoms with van der Waals surface area (Å²) >= 11 is 26.1. The summed E-state index contributed by atoms with van der Waals surface area (Å²) in [7, 11) is 1.50. The molecule has 70 heavy (non-hydrogen) atoms. The summed E-state index contributed by atoms with van der Waals surface area (Å²) in [6.07, 6.45) is 0. The first-order chi connectivity index (χ1) is 33.7. The first-order valence-corrected chi connectivity index (χ1v) is 26.1. The van der Waals surface area contributed by atoms with Crippen molar-refractivity contribution in [3.8, 4) is 16.3 Å². The zero-order chi connectivity index (χ0) is 50.6. The number of fused-ring (bicyclic) bond motifs is 1. The molecule has 0 radical (unpaired) electrons. The van der Waals surface area contributed by atoms with Crippen LogP contribution in [0.15, 0.2) is 206 Å². The molecule has 1 heterocycles. The van der Waals surface area contributed by atoms with Gasteiger partial charge in [-0.3, -0.25) is 9.59 Å². The van der Waals surface area contributed by atoms with Crippen LogP contribution in [0.25, 0.3) is 20.8 Å². The molecule has 4 N–H and O–H groups in total. The fourth-order valence-electron chi connectivity index (χ4n) is 6.28. The molecule has 0 atom stereocenters. The third-order valence-corrected chi connectivity index (χ3v) is 14.3. The normalized spacial score (nSPS) is 10.0. The van der Waals surface area contributed by atoms with Gasteiger partial charge in [-0.2, -0.15) is 0 Å². The molecule has 0 aliphatic heterocycles. The molecule has 0 spiro atoms. The van der Waals surface area contributed by atoms with Crippen LogP contribution >= 0.6 is 98.9 Å². The smallest absolute Gasteiger partial charge is 0.256 e. The van der Waals surface area contributed by atoms with Crippen molar-refractivity contribution < 1.29 is 14.3 Å². The number of thiocarbonyl (C=S) groups is 1. The molecule has 7 nitrogen and oxygen atoms in total. The van der Waals surface area contributed by atoms with E-state index < -0.39 is 5.24 Å². The maximum atomic E-state index is 12.1. The van der Waals surface area contributed by atoms with Crippen LogP contribution in [0.5, 0.6) is 5.75 Å². The van der Waals surface area contributed by atoms with Crippen LogP contribution in [-0.2, 0) is 0 Å². The zero-order valence-corrected chi connectivity index (χ0v) is 47.1. The summed E-state index contributed by atoms with van der Waals surface area (Å²) in [6, 6.07) is 60.1. The third-order valence-electron chi connectivity index (χ3n) is 9.99. The number of carbonyl (C=O) groups excluding carboxylic acids is 2. The molecule has 0 aliphatic rings. The van der Waals surface area contributed by atoms with E-state index >= 15 is 0 Å². The van der Waals surface area contributed by atoms with Gasteiger partial charge in [0.05, 0.1) is 34.3 Å². The zero-order valence-electron chi connectivity index (χ0n) is 38.4. The van der Waals surface area contributed by atoms with Crippen molar-refractivity contribution in [3.63, 3.8) is 0 Å². The molecule has 1 amide bonds. The van der Waals surface area contributed by atoms with Crippen LogP contribution in [0.3, 0.4) is 0 Å². The minimum absolute atomic E-state index is 0.0880. The van der Waals surface area contributed by atoms with E-state index in [9.17, 15) is 9.59 Å². The molecule has 8 aromatic carbocycles. The molecule has 0 bridgehead atoms. The number of nitrogens with zero attached hydrogens (tertiary/aromatic N) is 1. The SMILES string of the molecule is COc1ccccc1C(=O)Cl.Cc1ccccc1-c1nc2c(Br)cccc2s1.Cc1ccccc1C(=O)Nc1ccccc1Br.Cc1ccccc1C(=S)Nc1ccccc1Br.Nc1ccccc1Br. The Morgan fingerprint density at radius 2 is 1.03 bits per heavy atom. The van der Waals surface area contributed by atoms with Crippen molar-refractivity contribution >= 4 is 142 Å². The topological polar surface area (TPSA) is 106 Å². The number of halogens is 5. The van der Waals surface area contributed by atoms with Crippen molar-refractivity contribution in [2.45, 2.75) is 20.8 Å². The average Bonchev–Trinajstić information content (AvgIpc) is 3.81. The van der Waals surface area contributed by atoms with Gasteiger partial charge in [-0.25, -0.2) is 4.98 Å². The van der Waals surface area contributed by atoms with Crippen LogP contribution in [0.1, 0.15) is 43.0 Å². The van der Waals surface area contributed by atoms with E-state index in [4.69, 9.17) is 39.3 Å². The maximum absolute atomic E-state index is 12.1. The van der Waals surface area contributed by atoms with Crippen LogP contribution in [-0.4, -0.2) is 28.2 Å². The van der Waals surface area contributed by atoms with Gasteiger partial charge in [-0.05, 0) is 180 Å². The highest BCUT2D eigenvalue weighted by Crippen LogP contribution is 2.35. The summed E-state index contributed by atoms with van der Waals surface area (Å²) in [5.74, 6) is 0.419. The summed E-state index contributed by atoms with van der Waals surface area (Å²) < 4.78 is 10.0. The van der Waals surface area contributed by atoms with E-state index in [2.05, 4.69) is 125 Å². The number of methoxy groups -OCH3 is 1. The van der Waals surface area contributed by atoms with E-state index in [1.165, 1.54) is 28.5 Å². The predicted molar refractivity (Wildman–Crippen MR) is 313 cm³/mol. The first-order valence-electron chi connectivity index (χ1n) is 21.3. The highest BCUT2D eigenvalue weighted by atomic mass is 79.9. The highest BCUT2D eigenvalue weighted by molar-refractivity contribution is 9.11. The van der Waals surface area contributed by atoms with Crippen molar-refractivity contribution in [3.05, 3.63) is 239 Å². The van der Waals surface area contributed by atoms with Gasteiger partial charge in [-0.15, -0.1) is 11.3 Å². The monoisotopic (exact) mass is 1240 g/mol. The van der Waals surface area contributed by atoms with E-state index in [1.54, 1.807) is 35.6 Å². The minimum Gasteiger partial charge on any atom is -0.496 e. The average molecular weight is 1240 g/mol. The lowest BCUT2D eigenvalue weighted by molar-refractivity contribution is 0.102. The number of anilines is 3. The minimum atomic E-state index is -0.498. The molecule has 9 aromatic rings. The number of aryl methyl sites for hydroxylation is 3. The summed E-state index contributed by atoms with van der Waals surface area (Å²) in [5, 5.41) is 6.72. The van der Waals surface area contributed by atoms with Crippen LogP contribution in [0.4, 0.5) is 17.1 Å². The Kier molecular flexibility index (Phi) is 22.5. The number of nitrogens with one attached hydrogen (secondary N) is 2. The number of hydrogen-bond donors (Lipinski definition) is 3. The molecular weight excluding hydrogens is 1200 g/mol. The Morgan fingerprint density at radius 3 is 1.53 bits per heavy atom. The first kappa shape index (κ1) is 55.4. The highest BCUT2D eigenvalue weighted by Gasteiger charge is 2.12. The molecule has 0 saturated carbocycles. The molecule has 0 aliphatic carbocycles. The van der Waals surface area contributed by atoms with Gasteiger partial charge < -0.3 is 21.1 Å². The lowest BCUT2D eigenvalue weighted by Crippen LogP contribution is -2.13. The number of thiazole rings is 1. The fraction of sp³-hybridized carbons (Fsp3) is 0.0714. The van der Waals surface area contributed by atoms with Gasteiger partial charge in [-0.1, -0.05) is 134 Å². The van der Waals surface area contributed by atoms with Crippen LogP contribution in [0.2, 0.25) is 0 Å². The quantitative estimate of drug-likeness (QED) is 0.0829. The van der Waals surface area contributed by atoms with E-state index in [1.807, 2.05) is 134 Å². The number of aromatic nitrogens is 1. The molecule has 9 rings (SSSR count). The van der Waals surface area contributed by atoms with Crippen molar-refractivity contribution in [1.29, 1.82) is 0 Å². The van der Waals surface area contributed by atoms with Crippen molar-refractivity contribution in [2.75, 3.05) is 23.5 Å². The molecular formula is C56H47Br4ClN4O3S2. The van der Waals surface area contributed by atoms with Gasteiger partial charge in [0.1, 0.15) is 15.7 Å². The van der Waals surface area contributed by atoms with Crippen molar-refractivity contribution in [2.24, 2.45) is 0 Å². The lowest BCUT2D eigenvalue weighted by atomic mass is 10.1. The fourth-order valence-corrected chi connectivity index (χ4v) is 9.50. The number of rotatable bonds is 7. The predicted octanol–water partition coefficient (Wildman–Crippen LogP) is 17.7. The number of nitrogen functional groups attached to an aromatic ring is 1. The number of hydrogen-bond acceptors (Lipinski definition) is 7. The second-order valence-corrected chi connectivity index (χ2v) is 20.1. The van der Waals surface area contributed by atoms with E-state index in [-0.39, 0.29) is 5.91 Å². The van der Waals surface area contributed by atoms with Gasteiger partial charge in [0.25, 0.3) is 11.1 Å². The lowest BCUT2D eigenvalue weighted by Gasteiger charge is -2.11. The third kappa shape index (κ3) is 16.5. The largest absolute Gasteiger partial charge is 0.496 e. The van der Waals surface area contributed by atoms with Gasteiger partial charge in [0.15, 0.2) is 0 Å². The van der Waals surface area contributed by atoms with E-state index in [0.717, 1.165) is 61.6 Å². The van der Waals surface area contributed by atoms with Crippen LogP contribution in [0, 0.1) is 20.8 Å². The molecule has 356 valence electrons.